The molecule has 0 amide bonds. The lowest BCUT2D eigenvalue weighted by molar-refractivity contribution is -0.0839. The van der Waals surface area contributed by atoms with Gasteiger partial charge in [-0.2, -0.15) is 5.10 Å². The van der Waals surface area contributed by atoms with Gasteiger partial charge in [-0.1, -0.05) is 29.3 Å². The molecule has 0 spiro atoms. The Kier molecular flexibility index (Phi) is 9.01. The number of rotatable bonds is 11. The lowest BCUT2D eigenvalue weighted by Crippen LogP contribution is -2.48. The van der Waals surface area contributed by atoms with Crippen molar-refractivity contribution in [1.29, 1.82) is 0 Å². The average molecular weight is 534 g/mol. The van der Waals surface area contributed by atoms with Crippen molar-refractivity contribution in [3.63, 3.8) is 0 Å². The van der Waals surface area contributed by atoms with Crippen molar-refractivity contribution in [2.24, 2.45) is 0 Å². The summed E-state index contributed by atoms with van der Waals surface area (Å²) in [7, 11) is 3.42. The normalized spacial score (nSPS) is 15.6. The fraction of sp³-hybridized carbons (Fsp3) is 0.444. The number of hydrogen-bond donors (Lipinski definition) is 0. The van der Waals surface area contributed by atoms with Crippen LogP contribution in [0.5, 0.6) is 17.2 Å². The van der Waals surface area contributed by atoms with Crippen LogP contribution in [0.3, 0.4) is 0 Å². The highest BCUT2D eigenvalue weighted by molar-refractivity contribution is 6.42. The molecule has 2 heterocycles. The molecule has 0 bridgehead atoms. The molecule has 0 N–H and O–H groups in total. The highest BCUT2D eigenvalue weighted by Gasteiger charge is 2.35. The van der Waals surface area contributed by atoms with Gasteiger partial charge in [-0.25, -0.2) is 0 Å². The van der Waals surface area contributed by atoms with Crippen LogP contribution in [0.15, 0.2) is 48.8 Å². The van der Waals surface area contributed by atoms with Gasteiger partial charge in [0.05, 0.1) is 29.9 Å². The van der Waals surface area contributed by atoms with Gasteiger partial charge in [0.1, 0.15) is 24.6 Å². The van der Waals surface area contributed by atoms with E-state index in [4.69, 9.17) is 42.1 Å². The van der Waals surface area contributed by atoms with Gasteiger partial charge >= 0.3 is 0 Å². The summed E-state index contributed by atoms with van der Waals surface area (Å²) in [6.07, 6.45) is 5.59. The number of benzene rings is 2. The molecule has 0 aliphatic carbocycles. The Labute approximate surface area is 222 Å². The van der Waals surface area contributed by atoms with Crippen molar-refractivity contribution in [2.45, 2.75) is 38.5 Å². The molecule has 1 aliphatic rings. The van der Waals surface area contributed by atoms with E-state index in [0.717, 1.165) is 49.5 Å². The van der Waals surface area contributed by atoms with E-state index in [1.807, 2.05) is 36.1 Å². The highest BCUT2D eigenvalue weighted by atomic mass is 35.5. The summed E-state index contributed by atoms with van der Waals surface area (Å²) in [6.45, 7) is 6.31. The number of methoxy groups -OCH3 is 2. The molecule has 0 atom stereocenters. The number of halogens is 2. The standard InChI is InChI=1S/C27H33Cl2N3O4/c1-20-16-30-32(17-20)12-13-35-26-14-21(4-7-25(26)33-2)18-31-10-8-27(34-3,9-11-31)19-36-22-5-6-23(28)24(29)15-22/h4-7,14-17H,8-13,18-19H2,1-3H3. The third-order valence-electron chi connectivity index (χ3n) is 6.57. The highest BCUT2D eigenvalue weighted by Crippen LogP contribution is 2.32. The van der Waals surface area contributed by atoms with Crippen molar-refractivity contribution in [2.75, 3.05) is 40.5 Å². The fourth-order valence-electron chi connectivity index (χ4n) is 4.34. The van der Waals surface area contributed by atoms with E-state index in [1.54, 1.807) is 26.4 Å². The number of ether oxygens (including phenoxy) is 4. The Morgan fingerprint density at radius 1 is 0.972 bits per heavy atom. The minimum absolute atomic E-state index is 0.332. The number of aryl methyl sites for hydroxylation is 1. The average Bonchev–Trinajstić information content (AvgIpc) is 3.31. The fourth-order valence-corrected chi connectivity index (χ4v) is 4.62. The Balaban J connectivity index is 1.30. The molecule has 1 fully saturated rings. The van der Waals surface area contributed by atoms with Crippen molar-refractivity contribution < 1.29 is 18.9 Å². The summed E-state index contributed by atoms with van der Waals surface area (Å²) >= 11 is 12.1. The summed E-state index contributed by atoms with van der Waals surface area (Å²) < 4.78 is 25.4. The predicted molar refractivity (Wildman–Crippen MR) is 142 cm³/mol. The molecular weight excluding hydrogens is 501 g/mol. The molecule has 1 saturated heterocycles. The van der Waals surface area contributed by atoms with Crippen LogP contribution in [-0.4, -0.2) is 60.8 Å². The minimum Gasteiger partial charge on any atom is -0.493 e. The van der Waals surface area contributed by atoms with Crippen molar-refractivity contribution in [3.8, 4) is 17.2 Å². The first-order chi connectivity index (χ1) is 17.4. The van der Waals surface area contributed by atoms with E-state index < -0.39 is 0 Å². The lowest BCUT2D eigenvalue weighted by atomic mass is 9.91. The number of piperidine rings is 1. The van der Waals surface area contributed by atoms with Gasteiger partial charge in [0.25, 0.3) is 0 Å². The molecule has 194 valence electrons. The van der Waals surface area contributed by atoms with Gasteiger partial charge in [-0.15, -0.1) is 0 Å². The van der Waals surface area contributed by atoms with Crippen LogP contribution >= 0.6 is 23.2 Å². The molecule has 36 heavy (non-hydrogen) atoms. The largest absolute Gasteiger partial charge is 0.493 e. The topological polar surface area (TPSA) is 58.0 Å². The number of nitrogens with zero attached hydrogens (tertiary/aromatic N) is 3. The minimum atomic E-state index is -0.332. The smallest absolute Gasteiger partial charge is 0.161 e. The molecule has 0 radical (unpaired) electrons. The van der Waals surface area contributed by atoms with Crippen molar-refractivity contribution in [3.05, 3.63) is 70.0 Å². The Morgan fingerprint density at radius 2 is 1.78 bits per heavy atom. The zero-order chi connectivity index (χ0) is 25.5. The van der Waals surface area contributed by atoms with Gasteiger partial charge in [-0.3, -0.25) is 9.58 Å². The third kappa shape index (κ3) is 6.85. The zero-order valence-corrected chi connectivity index (χ0v) is 22.5. The second kappa shape index (κ2) is 12.2. The predicted octanol–water partition coefficient (Wildman–Crippen LogP) is 5.65. The molecule has 1 aliphatic heterocycles. The van der Waals surface area contributed by atoms with Crippen LogP contribution in [0.25, 0.3) is 0 Å². The number of aromatic nitrogens is 2. The van der Waals surface area contributed by atoms with E-state index in [1.165, 1.54) is 5.56 Å². The van der Waals surface area contributed by atoms with Crippen LogP contribution in [0.4, 0.5) is 0 Å². The van der Waals surface area contributed by atoms with E-state index in [-0.39, 0.29) is 5.60 Å². The van der Waals surface area contributed by atoms with Gasteiger partial charge in [-0.05, 0) is 55.2 Å². The molecule has 3 aromatic rings. The van der Waals surface area contributed by atoms with Gasteiger partial charge in [0, 0.05) is 39.0 Å². The maximum absolute atomic E-state index is 6.12. The second-order valence-electron chi connectivity index (χ2n) is 9.14. The monoisotopic (exact) mass is 533 g/mol. The summed E-state index contributed by atoms with van der Waals surface area (Å²) in [5.41, 5.74) is 1.98. The quantitative estimate of drug-likeness (QED) is 0.317. The van der Waals surface area contributed by atoms with Crippen LogP contribution in [0.1, 0.15) is 24.0 Å². The molecule has 4 rings (SSSR count). The second-order valence-corrected chi connectivity index (χ2v) is 9.96. The van der Waals surface area contributed by atoms with Crippen molar-refractivity contribution in [1.82, 2.24) is 14.7 Å². The van der Waals surface area contributed by atoms with Gasteiger partial charge in [0.2, 0.25) is 0 Å². The van der Waals surface area contributed by atoms with Gasteiger partial charge < -0.3 is 18.9 Å². The zero-order valence-electron chi connectivity index (χ0n) is 21.0. The Bertz CT molecular complexity index is 1150. The summed E-state index contributed by atoms with van der Waals surface area (Å²) in [5, 5.41) is 5.30. The molecule has 0 unspecified atom stereocenters. The first-order valence-electron chi connectivity index (χ1n) is 12.0. The van der Waals surface area contributed by atoms with Crippen LogP contribution in [0.2, 0.25) is 10.0 Å². The van der Waals surface area contributed by atoms with Crippen LogP contribution in [0, 0.1) is 6.92 Å². The Morgan fingerprint density at radius 3 is 2.44 bits per heavy atom. The van der Waals surface area contributed by atoms with Crippen molar-refractivity contribution >= 4 is 23.2 Å². The maximum atomic E-state index is 6.12. The maximum Gasteiger partial charge on any atom is 0.161 e. The third-order valence-corrected chi connectivity index (χ3v) is 7.31. The van der Waals surface area contributed by atoms with E-state index in [0.29, 0.717) is 35.6 Å². The van der Waals surface area contributed by atoms with Crippen LogP contribution in [-0.2, 0) is 17.8 Å². The van der Waals surface area contributed by atoms with Crippen LogP contribution < -0.4 is 14.2 Å². The van der Waals surface area contributed by atoms with E-state index in [2.05, 4.69) is 22.1 Å². The molecule has 1 aromatic heterocycles. The molecule has 0 saturated carbocycles. The number of likely N-dealkylation sites (tertiary alicyclic amines) is 1. The van der Waals surface area contributed by atoms with E-state index >= 15 is 0 Å². The summed E-state index contributed by atoms with van der Waals surface area (Å²) in [6, 6.07) is 11.4. The van der Waals surface area contributed by atoms with Gasteiger partial charge in [0.15, 0.2) is 11.5 Å². The lowest BCUT2D eigenvalue weighted by Gasteiger charge is -2.40. The van der Waals surface area contributed by atoms with E-state index in [9.17, 15) is 0 Å². The first kappa shape index (κ1) is 26.6. The summed E-state index contributed by atoms with van der Waals surface area (Å²) in [4.78, 5) is 2.43. The molecule has 9 heteroatoms. The summed E-state index contributed by atoms with van der Waals surface area (Å²) in [5.74, 6) is 2.17. The Hall–Kier alpha value is -2.45. The molecular formula is C27H33Cl2N3O4. The first-order valence-corrected chi connectivity index (χ1v) is 12.8. The molecule has 2 aromatic carbocycles. The SMILES string of the molecule is COc1ccc(CN2CCC(COc3ccc(Cl)c(Cl)c3)(OC)CC2)cc1OCCn1cc(C)cn1. The molecule has 7 nitrogen and oxygen atoms in total. The number of hydrogen-bond acceptors (Lipinski definition) is 6.